The Labute approximate surface area is 187 Å². The van der Waals surface area contributed by atoms with Crippen molar-refractivity contribution >= 4 is 17.4 Å². The summed E-state index contributed by atoms with van der Waals surface area (Å²) in [6.45, 7) is 12.1. The Morgan fingerprint density at radius 3 is 2.47 bits per heavy atom. The van der Waals surface area contributed by atoms with Gasteiger partial charge in [-0.15, -0.1) is 0 Å². The van der Waals surface area contributed by atoms with Crippen LogP contribution in [0.15, 0.2) is 22.7 Å². The topological polar surface area (TPSA) is 169 Å². The fraction of sp³-hybridized carbons (Fsp3) is 0.737. The van der Waals surface area contributed by atoms with E-state index in [1.807, 2.05) is 13.8 Å². The molecule has 1 unspecified atom stereocenters. The van der Waals surface area contributed by atoms with Crippen LogP contribution in [-0.2, 0) is 16.1 Å². The van der Waals surface area contributed by atoms with Crippen molar-refractivity contribution in [2.45, 2.75) is 71.7 Å². The number of nitrogens with zero attached hydrogens (tertiary/aromatic N) is 5. The first kappa shape index (κ1) is 27.4. The van der Waals surface area contributed by atoms with E-state index in [1.165, 1.54) is 10.8 Å². The van der Waals surface area contributed by atoms with Gasteiger partial charge in [-0.05, 0) is 46.5 Å². The van der Waals surface area contributed by atoms with E-state index in [4.69, 9.17) is 20.0 Å². The molecule has 1 aromatic heterocycles. The first-order chi connectivity index (χ1) is 14.9. The van der Waals surface area contributed by atoms with Gasteiger partial charge in [-0.1, -0.05) is 15.3 Å². The molecule has 0 saturated carbocycles. The first-order valence-corrected chi connectivity index (χ1v) is 10.2. The summed E-state index contributed by atoms with van der Waals surface area (Å²) in [5.41, 5.74) is 2.55. The smallest absolute Gasteiger partial charge is 0.411 e. The van der Waals surface area contributed by atoms with Crippen molar-refractivity contribution in [3.63, 3.8) is 0 Å². The van der Waals surface area contributed by atoms with Gasteiger partial charge in [0.15, 0.2) is 0 Å². The lowest BCUT2D eigenvalue weighted by molar-refractivity contribution is -0.396. The zero-order valence-corrected chi connectivity index (χ0v) is 19.5. The molecule has 0 fully saturated rings. The zero-order chi connectivity index (χ0) is 24.4. The van der Waals surface area contributed by atoms with Crippen LogP contribution in [0.5, 0.6) is 0 Å². The van der Waals surface area contributed by atoms with Gasteiger partial charge < -0.3 is 30.6 Å². The minimum absolute atomic E-state index is 0.203. The maximum absolute atomic E-state index is 10.9. The lowest BCUT2D eigenvalue weighted by atomic mass is 9.99. The third kappa shape index (κ3) is 8.49. The predicted molar refractivity (Wildman–Crippen MR) is 118 cm³/mol. The number of ether oxygens (including phenoxy) is 1. The largest absolute Gasteiger partial charge is 0.434 e. The molecule has 0 saturated heterocycles. The Morgan fingerprint density at radius 2 is 1.88 bits per heavy atom. The van der Waals surface area contributed by atoms with Crippen molar-refractivity contribution in [3.8, 4) is 0 Å². The second-order valence-electron chi connectivity index (χ2n) is 8.45. The summed E-state index contributed by atoms with van der Waals surface area (Å²) in [5, 5.41) is 38.8. The molecule has 1 heterocycles. The zero-order valence-electron chi connectivity index (χ0n) is 19.5. The quantitative estimate of drug-likeness (QED) is 0.101. The number of hydrogen-bond donors (Lipinski definition) is 4. The number of oxime groups is 2. The Morgan fingerprint density at radius 1 is 1.25 bits per heavy atom. The van der Waals surface area contributed by atoms with Gasteiger partial charge in [0.05, 0.1) is 35.7 Å². The van der Waals surface area contributed by atoms with Crippen LogP contribution in [0.2, 0.25) is 0 Å². The monoisotopic (exact) mass is 457 g/mol. The summed E-state index contributed by atoms with van der Waals surface area (Å²) in [5.74, 6) is -0.203. The van der Waals surface area contributed by atoms with Crippen LogP contribution >= 0.6 is 0 Å². The van der Waals surface area contributed by atoms with Gasteiger partial charge in [-0.2, -0.15) is 5.48 Å². The van der Waals surface area contributed by atoms with E-state index in [0.29, 0.717) is 37.5 Å². The third-order valence-corrected chi connectivity index (χ3v) is 5.21. The van der Waals surface area contributed by atoms with Crippen molar-refractivity contribution in [2.75, 3.05) is 19.8 Å². The molecule has 1 rings (SSSR count). The van der Waals surface area contributed by atoms with Gasteiger partial charge in [0.2, 0.25) is 0 Å². The molecule has 0 aliphatic carbocycles. The minimum atomic E-state index is -0.717. The van der Waals surface area contributed by atoms with Crippen LogP contribution in [0.4, 0.5) is 5.95 Å². The van der Waals surface area contributed by atoms with Crippen LogP contribution in [-0.4, -0.2) is 73.3 Å². The predicted octanol–water partition coefficient (Wildman–Crippen LogP) is 1.93. The van der Waals surface area contributed by atoms with Gasteiger partial charge in [-0.3, -0.25) is 4.84 Å². The molecule has 0 aliphatic rings. The van der Waals surface area contributed by atoms with E-state index in [9.17, 15) is 10.1 Å². The van der Waals surface area contributed by atoms with Crippen LogP contribution < -0.4 is 10.8 Å². The lowest BCUT2D eigenvalue weighted by Crippen LogP contribution is -2.53. The highest BCUT2D eigenvalue weighted by atomic mass is 16.7. The molecule has 0 radical (unpaired) electrons. The summed E-state index contributed by atoms with van der Waals surface area (Å²) < 4.78 is 7.19. The summed E-state index contributed by atoms with van der Waals surface area (Å²) in [6, 6.07) is 0. The van der Waals surface area contributed by atoms with Crippen LogP contribution in [0, 0.1) is 10.1 Å². The standard InChI is InChI=1S/C19H35N7O6/c1-14(22-27)18(3,4)21-12-16(32-24-19(5,6)15(2)23-28)13-31-11-7-9-25-10-8-20-17(25)26(29)30/h8,10,16,21,24,27-28H,7,9,11-13H2,1-6H3/b22-14+,23-15+. The van der Waals surface area contributed by atoms with Crippen molar-refractivity contribution in [2.24, 2.45) is 10.3 Å². The number of nitro groups is 1. The number of aromatic nitrogens is 2. The number of hydrogen-bond acceptors (Lipinski definition) is 11. The van der Waals surface area contributed by atoms with Gasteiger partial charge >= 0.3 is 5.95 Å². The Bertz CT molecular complexity index is 757. The lowest BCUT2D eigenvalue weighted by Gasteiger charge is -2.31. The average molecular weight is 458 g/mol. The highest BCUT2D eigenvalue weighted by Gasteiger charge is 2.27. The van der Waals surface area contributed by atoms with Crippen molar-refractivity contribution in [3.05, 3.63) is 22.5 Å². The van der Waals surface area contributed by atoms with E-state index in [0.717, 1.165) is 0 Å². The van der Waals surface area contributed by atoms with Gasteiger partial charge in [-0.25, -0.2) is 4.57 Å². The number of aryl methyl sites for hydroxylation is 1. The van der Waals surface area contributed by atoms with E-state index in [1.54, 1.807) is 33.9 Å². The molecule has 1 aromatic rings. The molecule has 13 heteroatoms. The van der Waals surface area contributed by atoms with Crippen LogP contribution in [0.25, 0.3) is 0 Å². The average Bonchev–Trinajstić information content (AvgIpc) is 3.22. The molecular formula is C19H35N7O6. The molecule has 32 heavy (non-hydrogen) atoms. The summed E-state index contributed by atoms with van der Waals surface area (Å²) in [6.07, 6.45) is 3.06. The van der Waals surface area contributed by atoms with Crippen LogP contribution in [0.1, 0.15) is 48.0 Å². The van der Waals surface area contributed by atoms with Gasteiger partial charge in [0, 0.05) is 19.6 Å². The number of nitrogens with one attached hydrogen (secondary N) is 2. The van der Waals surface area contributed by atoms with E-state index >= 15 is 0 Å². The number of hydroxylamine groups is 1. The van der Waals surface area contributed by atoms with Crippen LogP contribution in [0.3, 0.4) is 0 Å². The SMILES string of the molecule is C/C(=N\O)C(C)(C)NCC(COCCCn1ccnc1[N+](=O)[O-])ONC(C)(C)/C(C)=N/O. The second kappa shape index (κ2) is 12.4. The molecule has 0 bridgehead atoms. The highest BCUT2D eigenvalue weighted by molar-refractivity contribution is 5.90. The number of rotatable bonds is 15. The molecule has 0 amide bonds. The molecule has 1 atom stereocenters. The number of imidazole rings is 1. The Hall–Kier alpha value is -2.61. The minimum Gasteiger partial charge on any atom is -0.411 e. The summed E-state index contributed by atoms with van der Waals surface area (Å²) in [7, 11) is 0. The van der Waals surface area contributed by atoms with Crippen molar-refractivity contribution in [1.29, 1.82) is 0 Å². The van der Waals surface area contributed by atoms with Gasteiger partial charge in [0.1, 0.15) is 18.5 Å². The maximum Gasteiger partial charge on any atom is 0.434 e. The fourth-order valence-corrected chi connectivity index (χ4v) is 2.39. The molecule has 0 aromatic carbocycles. The molecular weight excluding hydrogens is 422 g/mol. The third-order valence-electron chi connectivity index (χ3n) is 5.21. The van der Waals surface area contributed by atoms with E-state index in [2.05, 4.69) is 26.1 Å². The summed E-state index contributed by atoms with van der Waals surface area (Å²) in [4.78, 5) is 19.9. The Balaban J connectivity index is 2.63. The Kier molecular flexibility index (Phi) is 10.7. The van der Waals surface area contributed by atoms with E-state index < -0.39 is 22.1 Å². The fourth-order valence-electron chi connectivity index (χ4n) is 2.39. The highest BCUT2D eigenvalue weighted by Crippen LogP contribution is 2.10. The maximum atomic E-state index is 10.9. The van der Waals surface area contributed by atoms with Crippen molar-refractivity contribution < 1.29 is 24.9 Å². The van der Waals surface area contributed by atoms with Gasteiger partial charge in [0.25, 0.3) is 0 Å². The molecule has 182 valence electrons. The molecule has 4 N–H and O–H groups in total. The molecule has 0 spiro atoms. The summed E-state index contributed by atoms with van der Waals surface area (Å²) >= 11 is 0. The first-order valence-electron chi connectivity index (χ1n) is 10.2. The van der Waals surface area contributed by atoms with E-state index in [-0.39, 0.29) is 12.6 Å². The molecule has 0 aliphatic heterocycles. The molecule has 13 nitrogen and oxygen atoms in total. The second-order valence-corrected chi connectivity index (χ2v) is 8.45. The normalized spacial score (nSPS) is 14.6. The van der Waals surface area contributed by atoms with Crippen molar-refractivity contribution in [1.82, 2.24) is 20.3 Å².